The molecule has 3 rings (SSSR count). The minimum Gasteiger partial charge on any atom is -0.334 e. The van der Waals surface area contributed by atoms with Gasteiger partial charge in [0.2, 0.25) is 0 Å². The largest absolute Gasteiger partial charge is 0.418 e. The maximum atomic E-state index is 12.9. The lowest BCUT2D eigenvalue weighted by atomic mass is 10.1. The molecule has 1 aromatic carbocycles. The van der Waals surface area contributed by atoms with Crippen molar-refractivity contribution in [2.24, 2.45) is 0 Å². The summed E-state index contributed by atoms with van der Waals surface area (Å²) >= 11 is 0. The molecule has 3 aromatic rings. The Kier molecular flexibility index (Phi) is 5.11. The minimum atomic E-state index is -4.55. The normalized spacial score (nSPS) is 11.3. The van der Waals surface area contributed by atoms with E-state index in [2.05, 4.69) is 20.6 Å². The maximum absolute atomic E-state index is 12.9. The summed E-state index contributed by atoms with van der Waals surface area (Å²) in [7, 11) is 0. The highest BCUT2D eigenvalue weighted by molar-refractivity contribution is 5.90. The van der Waals surface area contributed by atoms with Crippen LogP contribution in [0.1, 0.15) is 17.0 Å². The number of nitrogens with one attached hydrogen (secondary N) is 2. The number of alkyl halides is 3. The topological polar surface area (TPSA) is 71.8 Å². The van der Waals surface area contributed by atoms with E-state index in [-0.39, 0.29) is 12.2 Å². The van der Waals surface area contributed by atoms with E-state index < -0.39 is 17.8 Å². The van der Waals surface area contributed by atoms with E-state index in [1.165, 1.54) is 18.2 Å². The summed E-state index contributed by atoms with van der Waals surface area (Å²) in [6.07, 6.45) is 0.477. The van der Waals surface area contributed by atoms with Gasteiger partial charge in [0.15, 0.2) is 0 Å². The molecule has 0 aliphatic carbocycles. The molecule has 9 heteroatoms. The summed E-state index contributed by atoms with van der Waals surface area (Å²) in [6.45, 7) is 1.97. The third-order valence-electron chi connectivity index (χ3n) is 3.82. The molecule has 0 saturated carbocycles. The maximum Gasteiger partial charge on any atom is 0.418 e. The number of aromatic nitrogens is 3. The van der Waals surface area contributed by atoms with Gasteiger partial charge in [-0.15, -0.1) is 0 Å². The highest BCUT2D eigenvalue weighted by atomic mass is 19.4. The number of anilines is 1. The Bertz CT molecular complexity index is 935. The molecule has 140 valence electrons. The molecule has 0 bridgehead atoms. The van der Waals surface area contributed by atoms with E-state index in [0.29, 0.717) is 11.4 Å². The molecule has 2 aromatic heterocycles. The van der Waals surface area contributed by atoms with Gasteiger partial charge in [-0.1, -0.05) is 18.2 Å². The van der Waals surface area contributed by atoms with E-state index >= 15 is 0 Å². The lowest BCUT2D eigenvalue weighted by Gasteiger charge is -2.14. The average molecular weight is 375 g/mol. The molecule has 2 N–H and O–H groups in total. The molecule has 0 aliphatic rings. The number of para-hydroxylation sites is 1. The Morgan fingerprint density at radius 3 is 2.56 bits per heavy atom. The Balaban J connectivity index is 1.61. The van der Waals surface area contributed by atoms with Gasteiger partial charge >= 0.3 is 12.2 Å². The van der Waals surface area contributed by atoms with Crippen molar-refractivity contribution in [3.8, 4) is 5.82 Å². The zero-order valence-corrected chi connectivity index (χ0v) is 14.3. The molecule has 0 aliphatic heterocycles. The van der Waals surface area contributed by atoms with E-state index in [9.17, 15) is 18.0 Å². The van der Waals surface area contributed by atoms with Gasteiger partial charge in [0.05, 0.1) is 11.3 Å². The van der Waals surface area contributed by atoms with Crippen molar-refractivity contribution < 1.29 is 18.0 Å². The molecular weight excluding hydrogens is 359 g/mol. The van der Waals surface area contributed by atoms with Gasteiger partial charge < -0.3 is 10.6 Å². The summed E-state index contributed by atoms with van der Waals surface area (Å²) in [5, 5.41) is 4.74. The number of hydrogen-bond donors (Lipinski definition) is 2. The molecule has 0 atom stereocenters. The molecule has 2 heterocycles. The Hall–Kier alpha value is -3.36. The molecule has 0 saturated heterocycles. The van der Waals surface area contributed by atoms with Crippen molar-refractivity contribution in [1.29, 1.82) is 0 Å². The van der Waals surface area contributed by atoms with Gasteiger partial charge in [0.1, 0.15) is 11.6 Å². The fraction of sp³-hybridized carbons (Fsp3) is 0.167. The van der Waals surface area contributed by atoms with Gasteiger partial charge in [-0.3, -0.25) is 4.57 Å². The van der Waals surface area contributed by atoms with Crippen LogP contribution >= 0.6 is 0 Å². The second-order valence-corrected chi connectivity index (χ2v) is 5.72. The number of nitrogens with zero attached hydrogens (tertiary/aromatic N) is 3. The van der Waals surface area contributed by atoms with Crippen molar-refractivity contribution >= 4 is 11.7 Å². The number of pyridine rings is 1. The Morgan fingerprint density at radius 1 is 1.15 bits per heavy atom. The monoisotopic (exact) mass is 375 g/mol. The Morgan fingerprint density at radius 2 is 1.93 bits per heavy atom. The molecule has 27 heavy (non-hydrogen) atoms. The number of amides is 2. The van der Waals surface area contributed by atoms with Crippen LogP contribution in [0.3, 0.4) is 0 Å². The fourth-order valence-corrected chi connectivity index (χ4v) is 2.47. The molecular formula is C18H16F3N5O. The Labute approximate surface area is 153 Å². The number of halogens is 3. The third-order valence-corrected chi connectivity index (χ3v) is 3.82. The van der Waals surface area contributed by atoms with Gasteiger partial charge in [-0.25, -0.2) is 14.8 Å². The van der Waals surface area contributed by atoms with Gasteiger partial charge in [0, 0.05) is 25.1 Å². The molecule has 0 radical (unpaired) electrons. The number of hydrogen-bond acceptors (Lipinski definition) is 3. The van der Waals surface area contributed by atoms with Crippen LogP contribution in [0.15, 0.2) is 55.0 Å². The SMILES string of the molecule is Cc1nccn1-c1ccc(CNC(=O)Nc2ccccc2C(F)(F)F)cn1. The summed E-state index contributed by atoms with van der Waals surface area (Å²) < 4.78 is 40.6. The van der Waals surface area contributed by atoms with Crippen LogP contribution in [0.25, 0.3) is 5.82 Å². The summed E-state index contributed by atoms with van der Waals surface area (Å²) in [4.78, 5) is 20.4. The van der Waals surface area contributed by atoms with E-state index in [1.807, 2.05) is 6.92 Å². The second-order valence-electron chi connectivity index (χ2n) is 5.72. The van der Waals surface area contributed by atoms with Crippen molar-refractivity contribution in [2.45, 2.75) is 19.6 Å². The predicted octanol–water partition coefficient (Wildman–Crippen LogP) is 3.92. The number of rotatable bonds is 4. The van der Waals surface area contributed by atoms with Crippen LogP contribution in [0.4, 0.5) is 23.7 Å². The minimum absolute atomic E-state index is 0.121. The summed E-state index contributed by atoms with van der Waals surface area (Å²) in [6, 6.07) is 7.60. The first kappa shape index (κ1) is 18.4. The van der Waals surface area contributed by atoms with Gasteiger partial charge in [-0.05, 0) is 30.7 Å². The van der Waals surface area contributed by atoms with Crippen LogP contribution in [-0.2, 0) is 12.7 Å². The van der Waals surface area contributed by atoms with Crippen LogP contribution in [0.5, 0.6) is 0 Å². The van der Waals surface area contributed by atoms with Crippen LogP contribution < -0.4 is 10.6 Å². The standard InChI is InChI=1S/C18H16F3N5O/c1-12-22-8-9-26(12)16-7-6-13(10-23-16)11-24-17(27)25-15-5-3-2-4-14(15)18(19,20)21/h2-10H,11H2,1H3,(H2,24,25,27). The number of carbonyl (C=O) groups is 1. The highest BCUT2D eigenvalue weighted by Crippen LogP contribution is 2.34. The van der Waals surface area contributed by atoms with Crippen LogP contribution in [0, 0.1) is 6.92 Å². The first-order valence-corrected chi connectivity index (χ1v) is 8.01. The zero-order chi connectivity index (χ0) is 19.4. The van der Waals surface area contributed by atoms with Crippen molar-refractivity contribution in [1.82, 2.24) is 19.9 Å². The van der Waals surface area contributed by atoms with Gasteiger partial charge in [0.25, 0.3) is 0 Å². The molecule has 0 unspecified atom stereocenters. The molecule has 0 fully saturated rings. The number of carbonyl (C=O) groups excluding carboxylic acids is 1. The summed E-state index contributed by atoms with van der Waals surface area (Å²) in [5.41, 5.74) is -0.496. The van der Waals surface area contributed by atoms with E-state index in [0.717, 1.165) is 11.9 Å². The number of urea groups is 1. The summed E-state index contributed by atoms with van der Waals surface area (Å²) in [5.74, 6) is 1.47. The van der Waals surface area contributed by atoms with Crippen molar-refractivity contribution in [3.05, 3.63) is 71.9 Å². The third kappa shape index (κ3) is 4.43. The fourth-order valence-electron chi connectivity index (χ4n) is 2.47. The smallest absolute Gasteiger partial charge is 0.334 e. The second kappa shape index (κ2) is 7.48. The quantitative estimate of drug-likeness (QED) is 0.726. The molecule has 6 nitrogen and oxygen atoms in total. The van der Waals surface area contributed by atoms with Crippen molar-refractivity contribution in [2.75, 3.05) is 5.32 Å². The molecule has 0 spiro atoms. The first-order valence-electron chi connectivity index (χ1n) is 8.01. The van der Waals surface area contributed by atoms with Crippen molar-refractivity contribution in [3.63, 3.8) is 0 Å². The average Bonchev–Trinajstić information content (AvgIpc) is 3.06. The predicted molar refractivity (Wildman–Crippen MR) is 93.4 cm³/mol. The highest BCUT2D eigenvalue weighted by Gasteiger charge is 2.33. The van der Waals surface area contributed by atoms with Gasteiger partial charge in [-0.2, -0.15) is 13.2 Å². The van der Waals surface area contributed by atoms with E-state index in [1.54, 1.807) is 35.3 Å². The molecule has 2 amide bonds. The number of imidazole rings is 1. The first-order chi connectivity index (χ1) is 12.8. The van der Waals surface area contributed by atoms with Crippen LogP contribution in [-0.4, -0.2) is 20.6 Å². The number of benzene rings is 1. The zero-order valence-electron chi connectivity index (χ0n) is 14.3. The van der Waals surface area contributed by atoms with E-state index in [4.69, 9.17) is 0 Å². The lowest BCUT2D eigenvalue weighted by molar-refractivity contribution is -0.136. The van der Waals surface area contributed by atoms with Crippen LogP contribution in [0.2, 0.25) is 0 Å². The number of aryl methyl sites for hydroxylation is 1. The lowest BCUT2D eigenvalue weighted by Crippen LogP contribution is -2.29.